The number of hydrogen-bond donors (Lipinski definition) is 0. The van der Waals surface area contributed by atoms with E-state index in [0.717, 1.165) is 30.8 Å². The second-order valence-electron chi connectivity index (χ2n) is 6.60. The molecule has 0 unspecified atom stereocenters. The first kappa shape index (κ1) is 16.6. The number of rotatable bonds is 3. The van der Waals surface area contributed by atoms with Crippen molar-refractivity contribution in [2.24, 2.45) is 0 Å². The first-order chi connectivity index (χ1) is 12.7. The summed E-state index contributed by atoms with van der Waals surface area (Å²) in [7, 11) is 0. The van der Waals surface area contributed by atoms with Gasteiger partial charge in [0.2, 0.25) is 0 Å². The summed E-state index contributed by atoms with van der Waals surface area (Å²) in [5, 5.41) is 1.20. The number of piperazine rings is 1. The van der Waals surface area contributed by atoms with Gasteiger partial charge in [0.15, 0.2) is 0 Å². The second-order valence-corrected chi connectivity index (χ2v) is 6.60. The molecule has 0 aliphatic carbocycles. The van der Waals surface area contributed by atoms with Gasteiger partial charge in [0.05, 0.1) is 11.7 Å². The van der Waals surface area contributed by atoms with Crippen molar-refractivity contribution in [2.45, 2.75) is 13.5 Å². The summed E-state index contributed by atoms with van der Waals surface area (Å²) in [5.41, 5.74) is 3.78. The van der Waals surface area contributed by atoms with Crippen molar-refractivity contribution < 1.29 is 4.79 Å². The molecule has 0 radical (unpaired) electrons. The van der Waals surface area contributed by atoms with Gasteiger partial charge < -0.3 is 4.90 Å². The Bertz CT molecular complexity index is 920. The van der Waals surface area contributed by atoms with Crippen LogP contribution < -0.4 is 0 Å². The Kier molecular flexibility index (Phi) is 4.58. The molecule has 0 bridgehead atoms. The molecule has 6 nitrogen and oxygen atoms in total. The fraction of sp³-hybridized carbons (Fsp3) is 0.300. The number of fused-ring (bicyclic) bond motifs is 1. The summed E-state index contributed by atoms with van der Waals surface area (Å²) in [4.78, 5) is 29.4. The fourth-order valence-corrected chi connectivity index (χ4v) is 3.45. The van der Waals surface area contributed by atoms with E-state index in [1.165, 1.54) is 17.1 Å². The fourth-order valence-electron chi connectivity index (χ4n) is 3.45. The van der Waals surface area contributed by atoms with E-state index in [4.69, 9.17) is 0 Å². The van der Waals surface area contributed by atoms with E-state index in [2.05, 4.69) is 44.1 Å². The molecule has 1 aliphatic heterocycles. The number of pyridine rings is 1. The van der Waals surface area contributed by atoms with Gasteiger partial charge in [0.25, 0.3) is 5.91 Å². The Hall–Kier alpha value is -2.86. The van der Waals surface area contributed by atoms with Crippen molar-refractivity contribution in [3.63, 3.8) is 0 Å². The molecular formula is C20H21N5O. The van der Waals surface area contributed by atoms with Crippen molar-refractivity contribution in [1.82, 2.24) is 24.8 Å². The number of aromatic nitrogens is 3. The maximum atomic E-state index is 12.5. The molecule has 0 spiro atoms. The van der Waals surface area contributed by atoms with Gasteiger partial charge in [-0.2, -0.15) is 0 Å². The molecule has 26 heavy (non-hydrogen) atoms. The Labute approximate surface area is 152 Å². The van der Waals surface area contributed by atoms with Crippen molar-refractivity contribution in [2.75, 3.05) is 26.2 Å². The predicted octanol–water partition coefficient (Wildman–Crippen LogP) is 2.29. The highest BCUT2D eigenvalue weighted by atomic mass is 16.2. The number of nitrogens with zero attached hydrogens (tertiary/aromatic N) is 5. The van der Waals surface area contributed by atoms with Crippen LogP contribution >= 0.6 is 0 Å². The molecule has 2 aromatic heterocycles. The highest BCUT2D eigenvalue weighted by Gasteiger charge is 2.23. The van der Waals surface area contributed by atoms with Crippen molar-refractivity contribution in [1.29, 1.82) is 0 Å². The predicted molar refractivity (Wildman–Crippen MR) is 99.7 cm³/mol. The van der Waals surface area contributed by atoms with Gasteiger partial charge in [-0.25, -0.2) is 4.98 Å². The van der Waals surface area contributed by atoms with E-state index in [1.807, 2.05) is 17.9 Å². The number of aryl methyl sites for hydroxylation is 1. The molecule has 1 saturated heterocycles. The highest BCUT2D eigenvalue weighted by Crippen LogP contribution is 2.20. The average Bonchev–Trinajstić information content (AvgIpc) is 2.68. The topological polar surface area (TPSA) is 62.2 Å². The van der Waals surface area contributed by atoms with Gasteiger partial charge in [-0.1, -0.05) is 18.2 Å². The smallest absolute Gasteiger partial charge is 0.274 e. The van der Waals surface area contributed by atoms with E-state index < -0.39 is 0 Å². The van der Waals surface area contributed by atoms with Crippen LogP contribution in [0.15, 0.2) is 48.9 Å². The number of carbonyl (C=O) groups is 1. The van der Waals surface area contributed by atoms with Crippen LogP contribution in [-0.2, 0) is 6.54 Å². The van der Waals surface area contributed by atoms with Gasteiger partial charge in [-0.15, -0.1) is 0 Å². The normalized spacial score (nSPS) is 15.3. The molecule has 0 atom stereocenters. The van der Waals surface area contributed by atoms with E-state index >= 15 is 0 Å². The van der Waals surface area contributed by atoms with Crippen LogP contribution in [0.2, 0.25) is 0 Å². The zero-order valence-electron chi connectivity index (χ0n) is 14.8. The number of amides is 1. The van der Waals surface area contributed by atoms with E-state index in [-0.39, 0.29) is 5.91 Å². The average molecular weight is 347 g/mol. The summed E-state index contributed by atoms with van der Waals surface area (Å²) >= 11 is 0. The molecule has 0 N–H and O–H groups in total. The number of benzene rings is 1. The Balaban J connectivity index is 1.44. The highest BCUT2D eigenvalue weighted by molar-refractivity contribution is 5.92. The van der Waals surface area contributed by atoms with Gasteiger partial charge >= 0.3 is 0 Å². The summed E-state index contributed by atoms with van der Waals surface area (Å²) in [6.07, 6.45) is 4.66. The molecule has 3 aromatic rings. The van der Waals surface area contributed by atoms with Crippen LogP contribution in [0.25, 0.3) is 10.9 Å². The Morgan fingerprint density at radius 2 is 1.92 bits per heavy atom. The summed E-state index contributed by atoms with van der Waals surface area (Å²) in [5.74, 6) is -0.0389. The lowest BCUT2D eigenvalue weighted by molar-refractivity contribution is 0.0622. The van der Waals surface area contributed by atoms with Crippen molar-refractivity contribution in [3.05, 3.63) is 65.9 Å². The van der Waals surface area contributed by atoms with Crippen LogP contribution in [-0.4, -0.2) is 56.8 Å². The van der Waals surface area contributed by atoms with Crippen molar-refractivity contribution >= 4 is 16.8 Å². The second kappa shape index (κ2) is 7.17. The molecule has 1 fully saturated rings. The first-order valence-corrected chi connectivity index (χ1v) is 8.83. The lowest BCUT2D eigenvalue weighted by atomic mass is 10.1. The number of hydrogen-bond acceptors (Lipinski definition) is 5. The molecule has 1 aliphatic rings. The summed E-state index contributed by atoms with van der Waals surface area (Å²) < 4.78 is 0. The largest absolute Gasteiger partial charge is 0.335 e. The van der Waals surface area contributed by atoms with Gasteiger partial charge in [0, 0.05) is 56.2 Å². The molecule has 1 amide bonds. The van der Waals surface area contributed by atoms with E-state index in [0.29, 0.717) is 18.8 Å². The third-order valence-electron chi connectivity index (χ3n) is 4.77. The minimum atomic E-state index is -0.0389. The number of para-hydroxylation sites is 1. The maximum Gasteiger partial charge on any atom is 0.274 e. The van der Waals surface area contributed by atoms with Gasteiger partial charge in [0.1, 0.15) is 5.69 Å². The van der Waals surface area contributed by atoms with E-state index in [9.17, 15) is 4.79 Å². The number of carbonyl (C=O) groups excluding carboxylic acids is 1. The molecule has 4 rings (SSSR count). The lowest BCUT2D eigenvalue weighted by Crippen LogP contribution is -2.48. The third kappa shape index (κ3) is 3.41. The molecule has 132 valence electrons. The quantitative estimate of drug-likeness (QED) is 0.727. The molecule has 0 saturated carbocycles. The SMILES string of the molecule is Cc1cc(CN2CCN(C(=O)c3cnccn3)CC2)c2ccccc2n1. The van der Waals surface area contributed by atoms with Gasteiger partial charge in [-0.05, 0) is 24.6 Å². The summed E-state index contributed by atoms with van der Waals surface area (Å²) in [6, 6.07) is 10.4. The minimum absolute atomic E-state index is 0.0389. The first-order valence-electron chi connectivity index (χ1n) is 8.83. The standard InChI is InChI=1S/C20H21N5O/c1-15-12-16(17-4-2-3-5-18(17)23-15)14-24-8-10-25(11-9-24)20(26)19-13-21-6-7-22-19/h2-7,12-13H,8-11,14H2,1H3. The van der Waals surface area contributed by atoms with Crippen LogP contribution in [0, 0.1) is 6.92 Å². The van der Waals surface area contributed by atoms with Gasteiger partial charge in [-0.3, -0.25) is 19.7 Å². The zero-order chi connectivity index (χ0) is 17.9. The molecular weight excluding hydrogens is 326 g/mol. The van der Waals surface area contributed by atoms with Crippen molar-refractivity contribution in [3.8, 4) is 0 Å². The Morgan fingerprint density at radius 1 is 1.12 bits per heavy atom. The lowest BCUT2D eigenvalue weighted by Gasteiger charge is -2.34. The van der Waals surface area contributed by atoms with Crippen LogP contribution in [0.1, 0.15) is 21.7 Å². The van der Waals surface area contributed by atoms with Crippen LogP contribution in [0.5, 0.6) is 0 Å². The summed E-state index contributed by atoms with van der Waals surface area (Å²) in [6.45, 7) is 6.02. The molecule has 6 heteroatoms. The zero-order valence-corrected chi connectivity index (χ0v) is 14.8. The molecule has 3 heterocycles. The minimum Gasteiger partial charge on any atom is -0.335 e. The van der Waals surface area contributed by atoms with Crippen LogP contribution in [0.3, 0.4) is 0 Å². The van der Waals surface area contributed by atoms with E-state index in [1.54, 1.807) is 12.4 Å². The monoisotopic (exact) mass is 347 g/mol. The van der Waals surface area contributed by atoms with Crippen LogP contribution in [0.4, 0.5) is 0 Å². The Morgan fingerprint density at radius 3 is 2.69 bits per heavy atom. The maximum absolute atomic E-state index is 12.5. The third-order valence-corrected chi connectivity index (χ3v) is 4.77. The molecule has 1 aromatic carbocycles.